The van der Waals surface area contributed by atoms with Crippen molar-refractivity contribution >= 4 is 17.9 Å². The van der Waals surface area contributed by atoms with Crippen molar-refractivity contribution in [1.82, 2.24) is 0 Å². The summed E-state index contributed by atoms with van der Waals surface area (Å²) >= 11 is 0. The molecule has 0 saturated carbocycles. The molecule has 63 heavy (non-hydrogen) atoms. The summed E-state index contributed by atoms with van der Waals surface area (Å²) in [6, 6.07) is 0. The number of hydrogen-bond donors (Lipinski definition) is 0. The SMILES string of the molecule is CC/C=C\C/C=C\C=C\CCCCCCCCC(=O)OCC(COC(=O)CCCCCCC/C=C\CCCCCCCC)OC(=O)CCCCC/C=C/C#CC/C=C\CCCCC. The van der Waals surface area contributed by atoms with Gasteiger partial charge in [0.2, 0.25) is 0 Å². The summed E-state index contributed by atoms with van der Waals surface area (Å²) in [4.78, 5) is 38.0. The van der Waals surface area contributed by atoms with Gasteiger partial charge >= 0.3 is 17.9 Å². The maximum Gasteiger partial charge on any atom is 0.306 e. The summed E-state index contributed by atoms with van der Waals surface area (Å²) in [7, 11) is 0. The molecule has 0 fully saturated rings. The Morgan fingerprint density at radius 3 is 1.43 bits per heavy atom. The number of carbonyl (C=O) groups is 3. The van der Waals surface area contributed by atoms with Crippen molar-refractivity contribution in [2.24, 2.45) is 0 Å². The maximum absolute atomic E-state index is 12.8. The van der Waals surface area contributed by atoms with Crippen LogP contribution in [0.2, 0.25) is 0 Å². The largest absolute Gasteiger partial charge is 0.462 e. The van der Waals surface area contributed by atoms with Crippen LogP contribution in [0.4, 0.5) is 0 Å². The molecule has 0 spiro atoms. The van der Waals surface area contributed by atoms with E-state index in [1.165, 1.54) is 83.5 Å². The van der Waals surface area contributed by atoms with Crippen LogP contribution in [0.1, 0.15) is 239 Å². The van der Waals surface area contributed by atoms with E-state index in [4.69, 9.17) is 14.2 Å². The lowest BCUT2D eigenvalue weighted by molar-refractivity contribution is -0.167. The van der Waals surface area contributed by atoms with Gasteiger partial charge in [0, 0.05) is 25.7 Å². The number of rotatable bonds is 44. The highest BCUT2D eigenvalue weighted by Gasteiger charge is 2.19. The predicted octanol–water partition coefficient (Wildman–Crippen LogP) is 16.6. The lowest BCUT2D eigenvalue weighted by Crippen LogP contribution is -2.30. The molecule has 0 amide bonds. The van der Waals surface area contributed by atoms with Crippen LogP contribution in [0.5, 0.6) is 0 Å². The molecule has 0 aliphatic rings. The summed E-state index contributed by atoms with van der Waals surface area (Å²) < 4.78 is 16.7. The van der Waals surface area contributed by atoms with Crippen LogP contribution in [0.15, 0.2) is 72.9 Å². The first-order valence-corrected chi connectivity index (χ1v) is 25.9. The Morgan fingerprint density at radius 2 is 0.857 bits per heavy atom. The number of allylic oxidation sites excluding steroid dienone is 12. The zero-order valence-electron chi connectivity index (χ0n) is 40.9. The van der Waals surface area contributed by atoms with E-state index >= 15 is 0 Å². The van der Waals surface area contributed by atoms with Gasteiger partial charge in [-0.25, -0.2) is 0 Å². The van der Waals surface area contributed by atoms with Gasteiger partial charge in [-0.1, -0.05) is 196 Å². The first kappa shape index (κ1) is 59.4. The summed E-state index contributed by atoms with van der Waals surface area (Å²) in [5.74, 6) is 5.27. The molecule has 0 saturated heterocycles. The van der Waals surface area contributed by atoms with Gasteiger partial charge in [0.25, 0.3) is 0 Å². The van der Waals surface area contributed by atoms with Crippen molar-refractivity contribution in [3.8, 4) is 11.8 Å². The topological polar surface area (TPSA) is 78.9 Å². The molecule has 1 unspecified atom stereocenters. The molecule has 0 heterocycles. The minimum atomic E-state index is -0.811. The quantitative estimate of drug-likeness (QED) is 0.0152. The highest BCUT2D eigenvalue weighted by molar-refractivity contribution is 5.71. The number of unbranched alkanes of at least 4 members (excludes halogenated alkanes) is 23. The van der Waals surface area contributed by atoms with Crippen LogP contribution in [-0.4, -0.2) is 37.2 Å². The molecule has 0 radical (unpaired) electrons. The van der Waals surface area contributed by atoms with Crippen molar-refractivity contribution in [3.63, 3.8) is 0 Å². The van der Waals surface area contributed by atoms with Gasteiger partial charge in [-0.05, 0) is 102 Å². The molecule has 6 heteroatoms. The second-order valence-corrected chi connectivity index (χ2v) is 16.9. The van der Waals surface area contributed by atoms with Crippen molar-refractivity contribution in [2.45, 2.75) is 245 Å². The minimum absolute atomic E-state index is 0.106. The van der Waals surface area contributed by atoms with Gasteiger partial charge in [0.05, 0.1) is 0 Å². The predicted molar refractivity (Wildman–Crippen MR) is 268 cm³/mol. The van der Waals surface area contributed by atoms with Gasteiger partial charge < -0.3 is 14.2 Å². The molecule has 0 aromatic carbocycles. The molecule has 0 aliphatic heterocycles. The molecule has 6 nitrogen and oxygen atoms in total. The van der Waals surface area contributed by atoms with E-state index in [9.17, 15) is 14.4 Å². The van der Waals surface area contributed by atoms with E-state index in [0.29, 0.717) is 19.3 Å². The van der Waals surface area contributed by atoms with Crippen molar-refractivity contribution in [2.75, 3.05) is 13.2 Å². The van der Waals surface area contributed by atoms with Crippen molar-refractivity contribution in [1.29, 1.82) is 0 Å². The van der Waals surface area contributed by atoms with E-state index < -0.39 is 6.10 Å². The fourth-order valence-corrected chi connectivity index (χ4v) is 6.87. The number of ether oxygens (including phenoxy) is 3. The Labute approximate surface area is 388 Å². The van der Waals surface area contributed by atoms with Crippen LogP contribution >= 0.6 is 0 Å². The van der Waals surface area contributed by atoms with Gasteiger partial charge in [0.15, 0.2) is 6.10 Å². The second-order valence-electron chi connectivity index (χ2n) is 16.9. The number of hydrogen-bond acceptors (Lipinski definition) is 6. The van der Waals surface area contributed by atoms with Gasteiger partial charge in [-0.2, -0.15) is 0 Å². The van der Waals surface area contributed by atoms with Crippen LogP contribution in [0.25, 0.3) is 0 Å². The van der Waals surface area contributed by atoms with Crippen LogP contribution < -0.4 is 0 Å². The monoisotopic (exact) mass is 875 g/mol. The molecule has 0 aliphatic carbocycles. The maximum atomic E-state index is 12.8. The third kappa shape index (κ3) is 49.3. The fraction of sp³-hybridized carbons (Fsp3) is 0.702. The van der Waals surface area contributed by atoms with Gasteiger partial charge in [-0.3, -0.25) is 14.4 Å². The third-order valence-electron chi connectivity index (χ3n) is 10.8. The lowest BCUT2D eigenvalue weighted by Gasteiger charge is -2.18. The Hall–Kier alpha value is -3.59. The lowest BCUT2D eigenvalue weighted by atomic mass is 10.1. The average molecular weight is 875 g/mol. The molecule has 0 aromatic heterocycles. The molecule has 1 atom stereocenters. The van der Waals surface area contributed by atoms with Crippen LogP contribution in [0, 0.1) is 11.8 Å². The number of carbonyl (C=O) groups excluding carboxylic acids is 3. The van der Waals surface area contributed by atoms with Gasteiger partial charge in [-0.15, -0.1) is 0 Å². The molecule has 0 aromatic rings. The van der Waals surface area contributed by atoms with E-state index in [0.717, 1.165) is 109 Å². The summed E-state index contributed by atoms with van der Waals surface area (Å²) in [5.41, 5.74) is 0. The average Bonchev–Trinajstić information content (AvgIpc) is 3.28. The Balaban J connectivity index is 4.50. The van der Waals surface area contributed by atoms with E-state index in [1.807, 2.05) is 6.08 Å². The van der Waals surface area contributed by atoms with E-state index in [1.54, 1.807) is 0 Å². The highest BCUT2D eigenvalue weighted by Crippen LogP contribution is 2.13. The summed E-state index contributed by atoms with van der Waals surface area (Å²) in [6.45, 7) is 6.41. The Kier molecular flexibility index (Phi) is 48.1. The summed E-state index contributed by atoms with van der Waals surface area (Å²) in [5, 5.41) is 0. The summed E-state index contributed by atoms with van der Waals surface area (Å²) in [6.07, 6.45) is 60.4. The standard InChI is InChI=1S/C57H94O6/c1-4-7-10-13-16-19-22-25-28-31-34-37-40-43-46-49-55(58)61-52-54(63-57(60)51-48-45-42-39-36-33-30-27-24-21-18-15-12-9-6-3)53-62-56(59)50-47-44-41-38-35-32-29-26-23-20-17-14-11-8-5-2/h7,10,16,18-19,21-22,25-26,29,33,36,54H,4-6,8-9,11-15,17,20,23-24,28,31-32,34-35,37-53H2,1-3H3/b10-7-,19-16-,21-18-,25-22+,29-26-,36-33+. The normalized spacial score (nSPS) is 12.4. The highest BCUT2D eigenvalue weighted by atomic mass is 16.6. The fourth-order valence-electron chi connectivity index (χ4n) is 6.87. The smallest absolute Gasteiger partial charge is 0.306 e. The first-order valence-electron chi connectivity index (χ1n) is 25.9. The molecule has 0 N–H and O–H groups in total. The first-order chi connectivity index (χ1) is 31.0. The van der Waals surface area contributed by atoms with Crippen LogP contribution in [-0.2, 0) is 28.6 Å². The zero-order valence-corrected chi connectivity index (χ0v) is 40.9. The Morgan fingerprint density at radius 1 is 0.429 bits per heavy atom. The second kappa shape index (κ2) is 51.0. The van der Waals surface area contributed by atoms with E-state index in [2.05, 4.69) is 99.4 Å². The van der Waals surface area contributed by atoms with Crippen molar-refractivity contribution < 1.29 is 28.6 Å². The molecular formula is C57H94O6. The molecule has 0 rings (SSSR count). The molecule has 358 valence electrons. The zero-order chi connectivity index (χ0) is 45.8. The molecule has 0 bridgehead atoms. The third-order valence-corrected chi connectivity index (χ3v) is 10.8. The Bertz CT molecular complexity index is 1290. The van der Waals surface area contributed by atoms with E-state index in [-0.39, 0.29) is 37.5 Å². The number of esters is 3. The van der Waals surface area contributed by atoms with Crippen LogP contribution in [0.3, 0.4) is 0 Å². The van der Waals surface area contributed by atoms with Crippen molar-refractivity contribution in [3.05, 3.63) is 72.9 Å². The van der Waals surface area contributed by atoms with Gasteiger partial charge in [0.1, 0.15) is 13.2 Å². The molecular weight excluding hydrogens is 781 g/mol. The minimum Gasteiger partial charge on any atom is -0.462 e.